The van der Waals surface area contributed by atoms with Crippen LogP contribution in [0.4, 0.5) is 0 Å². The second-order valence-corrected chi connectivity index (χ2v) is 7.04. The van der Waals surface area contributed by atoms with Crippen molar-refractivity contribution in [1.29, 1.82) is 0 Å². The molecule has 3 aliphatic carbocycles. The molecule has 0 aromatic heterocycles. The van der Waals surface area contributed by atoms with E-state index in [2.05, 4.69) is 41.9 Å². The fourth-order valence-electron chi connectivity index (χ4n) is 3.92. The molecule has 0 N–H and O–H groups in total. The lowest BCUT2D eigenvalue weighted by Gasteiger charge is -2.24. The number of halogens is 1. The fourth-order valence-corrected chi connectivity index (χ4v) is 5.22. The van der Waals surface area contributed by atoms with Crippen LogP contribution in [0.15, 0.2) is 12.2 Å². The van der Waals surface area contributed by atoms with Gasteiger partial charge in [-0.25, -0.2) is 0 Å². The van der Waals surface area contributed by atoms with Crippen molar-refractivity contribution in [2.24, 2.45) is 23.2 Å². The summed E-state index contributed by atoms with van der Waals surface area (Å²) in [6, 6.07) is 0. The smallest absolute Gasteiger partial charge is 0.0389 e. The molecule has 4 atom stereocenters. The van der Waals surface area contributed by atoms with Crippen molar-refractivity contribution in [2.45, 2.75) is 37.4 Å². The Labute approximate surface area is 88.9 Å². The van der Waals surface area contributed by atoms with E-state index in [1.165, 1.54) is 19.3 Å². The SMILES string of the molecule is CC(C)CC12CC1(Br)C1C=CC2C1. The van der Waals surface area contributed by atoms with Crippen LogP contribution >= 0.6 is 15.9 Å². The van der Waals surface area contributed by atoms with Crippen LogP contribution in [0.2, 0.25) is 0 Å². The standard InChI is InChI=1S/C12H17Br/c1-8(2)6-11-7-12(11,13)10-4-3-9(11)5-10/h3-4,8-10H,5-7H2,1-2H3. The molecule has 2 bridgehead atoms. The van der Waals surface area contributed by atoms with Gasteiger partial charge in [-0.05, 0) is 42.4 Å². The van der Waals surface area contributed by atoms with Gasteiger partial charge < -0.3 is 0 Å². The van der Waals surface area contributed by atoms with Gasteiger partial charge in [0.2, 0.25) is 0 Å². The van der Waals surface area contributed by atoms with Gasteiger partial charge >= 0.3 is 0 Å². The highest BCUT2D eigenvalue weighted by atomic mass is 79.9. The van der Waals surface area contributed by atoms with Crippen LogP contribution in [-0.2, 0) is 0 Å². The normalized spacial score (nSPS) is 56.0. The summed E-state index contributed by atoms with van der Waals surface area (Å²) in [6.07, 6.45) is 9.22. The zero-order valence-electron chi connectivity index (χ0n) is 8.39. The molecule has 0 nitrogen and oxygen atoms in total. The second-order valence-electron chi connectivity index (χ2n) is 5.63. The third-order valence-corrected chi connectivity index (χ3v) is 6.09. The maximum absolute atomic E-state index is 4.01. The number of hydrogen-bond donors (Lipinski definition) is 0. The lowest BCUT2D eigenvalue weighted by molar-refractivity contribution is 0.321. The lowest BCUT2D eigenvalue weighted by Crippen LogP contribution is -2.20. The topological polar surface area (TPSA) is 0 Å². The fraction of sp³-hybridized carbons (Fsp3) is 0.833. The number of fused-ring (bicyclic) bond motifs is 5. The molecule has 0 spiro atoms. The van der Waals surface area contributed by atoms with Crippen LogP contribution in [0.25, 0.3) is 0 Å². The van der Waals surface area contributed by atoms with Crippen molar-refractivity contribution in [3.05, 3.63) is 12.2 Å². The van der Waals surface area contributed by atoms with Gasteiger partial charge in [-0.3, -0.25) is 0 Å². The maximum atomic E-state index is 4.01. The van der Waals surface area contributed by atoms with E-state index in [1.54, 1.807) is 0 Å². The number of hydrogen-bond acceptors (Lipinski definition) is 0. The quantitative estimate of drug-likeness (QED) is 0.510. The predicted molar refractivity (Wildman–Crippen MR) is 58.9 cm³/mol. The second kappa shape index (κ2) is 2.24. The highest BCUT2D eigenvalue weighted by molar-refractivity contribution is 9.10. The molecular weight excluding hydrogens is 224 g/mol. The summed E-state index contributed by atoms with van der Waals surface area (Å²) < 4.78 is 0.531. The van der Waals surface area contributed by atoms with Crippen molar-refractivity contribution >= 4 is 15.9 Å². The first-order chi connectivity index (χ1) is 6.08. The molecular formula is C12H17Br. The van der Waals surface area contributed by atoms with Gasteiger partial charge in [-0.1, -0.05) is 41.9 Å². The molecule has 0 aromatic carbocycles. The summed E-state index contributed by atoms with van der Waals surface area (Å²) in [5.74, 6) is 2.61. The molecule has 3 aliphatic rings. The molecule has 0 saturated heterocycles. The van der Waals surface area contributed by atoms with E-state index in [0.29, 0.717) is 9.74 Å². The Bertz CT molecular complexity index is 281. The number of allylic oxidation sites excluding steroid dienone is 2. The lowest BCUT2D eigenvalue weighted by atomic mass is 9.83. The Morgan fingerprint density at radius 3 is 2.62 bits per heavy atom. The Hall–Kier alpha value is 0.220. The molecule has 4 unspecified atom stereocenters. The zero-order chi connectivity index (χ0) is 9.27. The van der Waals surface area contributed by atoms with Gasteiger partial charge in [0.05, 0.1) is 0 Å². The molecule has 1 heteroatoms. The summed E-state index contributed by atoms with van der Waals surface area (Å²) in [5.41, 5.74) is 0.667. The predicted octanol–water partition coefficient (Wildman–Crippen LogP) is 3.76. The van der Waals surface area contributed by atoms with Crippen molar-refractivity contribution in [1.82, 2.24) is 0 Å². The first-order valence-corrected chi connectivity index (χ1v) is 6.25. The third kappa shape index (κ3) is 0.830. The van der Waals surface area contributed by atoms with Crippen LogP contribution in [0.5, 0.6) is 0 Å². The number of rotatable bonds is 2. The minimum absolute atomic E-state index is 0.531. The molecule has 0 amide bonds. The summed E-state index contributed by atoms with van der Waals surface area (Å²) in [7, 11) is 0. The van der Waals surface area contributed by atoms with Crippen molar-refractivity contribution in [3.8, 4) is 0 Å². The summed E-state index contributed by atoms with van der Waals surface area (Å²) in [5, 5.41) is 0. The van der Waals surface area contributed by atoms with Crippen molar-refractivity contribution in [3.63, 3.8) is 0 Å². The van der Waals surface area contributed by atoms with Gasteiger partial charge in [0.25, 0.3) is 0 Å². The van der Waals surface area contributed by atoms with E-state index in [4.69, 9.17) is 0 Å². The first kappa shape index (κ1) is 8.52. The van der Waals surface area contributed by atoms with E-state index in [-0.39, 0.29) is 0 Å². The first-order valence-electron chi connectivity index (χ1n) is 5.46. The molecule has 0 radical (unpaired) electrons. The summed E-state index contributed by atoms with van der Waals surface area (Å²) >= 11 is 4.01. The van der Waals surface area contributed by atoms with E-state index >= 15 is 0 Å². The van der Waals surface area contributed by atoms with Gasteiger partial charge in [0, 0.05) is 4.32 Å². The molecule has 0 aliphatic heterocycles. The van der Waals surface area contributed by atoms with Crippen molar-refractivity contribution < 1.29 is 0 Å². The Morgan fingerprint density at radius 1 is 1.38 bits per heavy atom. The minimum Gasteiger partial charge on any atom is -0.0845 e. The van der Waals surface area contributed by atoms with Crippen LogP contribution in [-0.4, -0.2) is 4.32 Å². The van der Waals surface area contributed by atoms with E-state index in [9.17, 15) is 0 Å². The van der Waals surface area contributed by atoms with Gasteiger partial charge in [0.15, 0.2) is 0 Å². The monoisotopic (exact) mass is 240 g/mol. The van der Waals surface area contributed by atoms with Gasteiger partial charge in [-0.15, -0.1) is 0 Å². The molecule has 13 heavy (non-hydrogen) atoms. The molecule has 0 aromatic rings. The van der Waals surface area contributed by atoms with Crippen LogP contribution in [0.1, 0.15) is 33.1 Å². The maximum Gasteiger partial charge on any atom is 0.0389 e. The van der Waals surface area contributed by atoms with E-state index < -0.39 is 0 Å². The number of alkyl halides is 1. The van der Waals surface area contributed by atoms with Crippen LogP contribution in [0, 0.1) is 23.2 Å². The summed E-state index contributed by atoms with van der Waals surface area (Å²) in [6.45, 7) is 4.71. The average molecular weight is 241 g/mol. The largest absolute Gasteiger partial charge is 0.0845 e. The molecule has 0 heterocycles. The Morgan fingerprint density at radius 2 is 2.08 bits per heavy atom. The molecule has 3 rings (SSSR count). The molecule has 2 fully saturated rings. The Balaban J connectivity index is 1.91. The Kier molecular flexibility index (Phi) is 1.47. The summed E-state index contributed by atoms with van der Waals surface area (Å²) in [4.78, 5) is 0. The highest BCUT2D eigenvalue weighted by Gasteiger charge is 2.76. The van der Waals surface area contributed by atoms with E-state index in [0.717, 1.165) is 17.8 Å². The van der Waals surface area contributed by atoms with E-state index in [1.807, 2.05) is 0 Å². The van der Waals surface area contributed by atoms with Crippen LogP contribution in [0.3, 0.4) is 0 Å². The zero-order valence-corrected chi connectivity index (χ0v) is 9.97. The van der Waals surface area contributed by atoms with Crippen molar-refractivity contribution in [2.75, 3.05) is 0 Å². The molecule has 72 valence electrons. The van der Waals surface area contributed by atoms with Crippen LogP contribution < -0.4 is 0 Å². The molecule has 2 saturated carbocycles. The van der Waals surface area contributed by atoms with Gasteiger partial charge in [-0.2, -0.15) is 0 Å². The minimum atomic E-state index is 0.531. The average Bonchev–Trinajstić information content (AvgIpc) is 2.43. The third-order valence-electron chi connectivity index (χ3n) is 4.43. The highest BCUT2D eigenvalue weighted by Crippen LogP contribution is 2.80. The van der Waals surface area contributed by atoms with Gasteiger partial charge in [0.1, 0.15) is 0 Å².